The molecule has 0 saturated carbocycles. The highest BCUT2D eigenvalue weighted by Crippen LogP contribution is 2.39. The molecule has 0 aromatic carbocycles. The third kappa shape index (κ3) is 3.60. The van der Waals surface area contributed by atoms with Crippen molar-refractivity contribution in [3.05, 3.63) is 29.8 Å². The number of aromatic nitrogens is 1. The lowest BCUT2D eigenvalue weighted by Gasteiger charge is -2.38. The summed E-state index contributed by atoms with van der Waals surface area (Å²) >= 11 is 0. The summed E-state index contributed by atoms with van der Waals surface area (Å²) in [5.74, 6) is -0.386. The Hall–Kier alpha value is -0.783. The van der Waals surface area contributed by atoms with Crippen molar-refractivity contribution in [3.8, 4) is 0 Å². The fraction of sp³-hybridized carbons (Fsp3) is 0.615. The predicted molar refractivity (Wildman–Crippen MR) is 72.3 cm³/mol. The summed E-state index contributed by atoms with van der Waals surface area (Å²) in [4.78, 5) is 3.98. The Morgan fingerprint density at radius 1 is 1.39 bits per heavy atom. The average molecular weight is 271 g/mol. The summed E-state index contributed by atoms with van der Waals surface area (Å²) in [7, 11) is -1.98. The smallest absolute Gasteiger partial charge is 0.193 e. The van der Waals surface area contributed by atoms with Gasteiger partial charge in [-0.2, -0.15) is 0 Å². The van der Waals surface area contributed by atoms with E-state index < -0.39 is 14.4 Å². The first-order valence-electron chi connectivity index (χ1n) is 6.07. The minimum Gasteiger partial charge on any atom is -0.406 e. The Balaban J connectivity index is 2.89. The van der Waals surface area contributed by atoms with E-state index in [-0.39, 0.29) is 17.5 Å². The van der Waals surface area contributed by atoms with Gasteiger partial charge in [0.25, 0.3) is 0 Å². The van der Waals surface area contributed by atoms with E-state index in [1.807, 2.05) is 0 Å². The fourth-order valence-corrected chi connectivity index (χ4v) is 2.56. The first kappa shape index (κ1) is 15.3. The van der Waals surface area contributed by atoms with Gasteiger partial charge in [-0.25, -0.2) is 4.39 Å². The number of aliphatic hydroxyl groups is 1. The molecule has 1 rings (SSSR count). The molecule has 1 heterocycles. The van der Waals surface area contributed by atoms with E-state index in [4.69, 9.17) is 4.43 Å². The number of hydrogen-bond donors (Lipinski definition) is 1. The highest BCUT2D eigenvalue weighted by Gasteiger charge is 2.39. The second kappa shape index (κ2) is 5.46. The molecule has 18 heavy (non-hydrogen) atoms. The van der Waals surface area contributed by atoms with Crippen molar-refractivity contribution in [1.29, 1.82) is 0 Å². The van der Waals surface area contributed by atoms with Gasteiger partial charge in [0.2, 0.25) is 0 Å². The molecule has 0 fully saturated rings. The lowest BCUT2D eigenvalue weighted by atomic mass is 10.2. The van der Waals surface area contributed by atoms with Crippen LogP contribution < -0.4 is 0 Å². The summed E-state index contributed by atoms with van der Waals surface area (Å²) in [5.41, 5.74) is 0.573. The van der Waals surface area contributed by atoms with Crippen molar-refractivity contribution >= 4 is 8.32 Å². The predicted octanol–water partition coefficient (Wildman–Crippen LogP) is 3.28. The van der Waals surface area contributed by atoms with Crippen LogP contribution in [0.1, 0.15) is 32.6 Å². The van der Waals surface area contributed by atoms with E-state index in [1.165, 1.54) is 6.07 Å². The average Bonchev–Trinajstić information content (AvgIpc) is 2.25. The molecule has 0 spiro atoms. The quantitative estimate of drug-likeness (QED) is 0.855. The molecule has 102 valence electrons. The van der Waals surface area contributed by atoms with Crippen molar-refractivity contribution in [2.45, 2.75) is 45.0 Å². The molecule has 3 nitrogen and oxygen atoms in total. The maximum Gasteiger partial charge on any atom is 0.193 e. The maximum atomic E-state index is 12.8. The highest BCUT2D eigenvalue weighted by atomic mass is 28.4. The van der Waals surface area contributed by atoms with Gasteiger partial charge in [-0.1, -0.05) is 20.8 Å². The minimum atomic E-state index is -1.98. The molecular formula is C13H22FNO2Si. The largest absolute Gasteiger partial charge is 0.406 e. The minimum absolute atomic E-state index is 0.0560. The van der Waals surface area contributed by atoms with Gasteiger partial charge in [0.15, 0.2) is 8.32 Å². The molecule has 0 radical (unpaired) electrons. The second-order valence-corrected chi connectivity index (χ2v) is 10.7. The van der Waals surface area contributed by atoms with Crippen LogP contribution >= 0.6 is 0 Å². The van der Waals surface area contributed by atoms with Crippen LogP contribution in [0, 0.1) is 5.82 Å². The number of pyridine rings is 1. The Labute approximate surface area is 109 Å². The van der Waals surface area contributed by atoms with Gasteiger partial charge < -0.3 is 9.53 Å². The molecule has 0 saturated heterocycles. The number of halogens is 1. The molecule has 1 aromatic rings. The molecule has 1 aromatic heterocycles. The molecule has 0 aliphatic carbocycles. The monoisotopic (exact) mass is 271 g/mol. The van der Waals surface area contributed by atoms with Gasteiger partial charge in [-0.3, -0.25) is 4.98 Å². The lowest BCUT2D eigenvalue weighted by Crippen LogP contribution is -2.42. The van der Waals surface area contributed by atoms with Crippen LogP contribution in [0.5, 0.6) is 0 Å². The molecule has 1 N–H and O–H groups in total. The number of nitrogens with zero attached hydrogens (tertiary/aromatic N) is 1. The van der Waals surface area contributed by atoms with Crippen LogP contribution in [0.4, 0.5) is 4.39 Å². The first-order valence-corrected chi connectivity index (χ1v) is 8.98. The first-order chi connectivity index (χ1) is 8.17. The van der Waals surface area contributed by atoms with Crippen molar-refractivity contribution in [1.82, 2.24) is 4.98 Å². The van der Waals surface area contributed by atoms with Crippen molar-refractivity contribution in [2.24, 2.45) is 0 Å². The zero-order chi connectivity index (χ0) is 14.0. The maximum absolute atomic E-state index is 12.8. The Morgan fingerprint density at radius 2 is 2.00 bits per heavy atom. The fourth-order valence-electron chi connectivity index (χ4n) is 1.30. The van der Waals surface area contributed by atoms with Gasteiger partial charge in [0.05, 0.1) is 18.5 Å². The van der Waals surface area contributed by atoms with Crippen LogP contribution in [-0.4, -0.2) is 25.0 Å². The summed E-state index contributed by atoms with van der Waals surface area (Å²) in [6, 6.07) is 2.89. The molecule has 1 atom stereocenters. The standard InChI is InChI=1S/C13H22FNO2Si/c1-13(2,3)18(4,5)17-12(9-16)11-7-6-10(14)8-15-11/h6-8,12,16H,9H2,1-5H3. The molecular weight excluding hydrogens is 249 g/mol. The summed E-state index contributed by atoms with van der Waals surface area (Å²) in [5, 5.41) is 9.50. The molecule has 0 amide bonds. The van der Waals surface area contributed by atoms with E-state index in [2.05, 4.69) is 38.8 Å². The van der Waals surface area contributed by atoms with Crippen LogP contribution in [-0.2, 0) is 4.43 Å². The van der Waals surface area contributed by atoms with Crippen LogP contribution in [0.3, 0.4) is 0 Å². The lowest BCUT2D eigenvalue weighted by molar-refractivity contribution is 0.0999. The topological polar surface area (TPSA) is 42.4 Å². The number of aliphatic hydroxyl groups excluding tert-OH is 1. The second-order valence-electron chi connectivity index (χ2n) is 5.95. The Kier molecular flexibility index (Phi) is 4.64. The van der Waals surface area contributed by atoms with E-state index in [1.54, 1.807) is 6.07 Å². The van der Waals surface area contributed by atoms with E-state index >= 15 is 0 Å². The SMILES string of the molecule is CC(C)(C)[Si](C)(C)OC(CO)c1ccc(F)cn1. The molecule has 0 bridgehead atoms. The van der Waals surface area contributed by atoms with Crippen LogP contribution in [0.15, 0.2) is 18.3 Å². The van der Waals surface area contributed by atoms with Crippen LogP contribution in [0.2, 0.25) is 18.1 Å². The van der Waals surface area contributed by atoms with Gasteiger partial charge in [0.1, 0.15) is 11.9 Å². The van der Waals surface area contributed by atoms with Gasteiger partial charge >= 0.3 is 0 Å². The van der Waals surface area contributed by atoms with E-state index in [9.17, 15) is 9.50 Å². The molecule has 0 aliphatic rings. The normalized spacial score (nSPS) is 14.6. The molecule has 1 unspecified atom stereocenters. The van der Waals surface area contributed by atoms with Gasteiger partial charge in [-0.05, 0) is 30.3 Å². The summed E-state index contributed by atoms with van der Waals surface area (Å²) in [6.45, 7) is 10.5. The number of hydrogen-bond acceptors (Lipinski definition) is 3. The van der Waals surface area contributed by atoms with Gasteiger partial charge in [0, 0.05) is 0 Å². The third-order valence-electron chi connectivity index (χ3n) is 3.49. The molecule has 5 heteroatoms. The van der Waals surface area contributed by atoms with Crippen molar-refractivity contribution in [2.75, 3.05) is 6.61 Å². The highest BCUT2D eigenvalue weighted by molar-refractivity contribution is 6.74. The number of rotatable bonds is 4. The Morgan fingerprint density at radius 3 is 2.39 bits per heavy atom. The van der Waals surface area contributed by atoms with E-state index in [0.717, 1.165) is 6.20 Å². The van der Waals surface area contributed by atoms with Crippen molar-refractivity contribution in [3.63, 3.8) is 0 Å². The Bertz CT molecular complexity index is 387. The zero-order valence-electron chi connectivity index (χ0n) is 11.7. The van der Waals surface area contributed by atoms with E-state index in [0.29, 0.717) is 5.69 Å². The van der Waals surface area contributed by atoms with Crippen molar-refractivity contribution < 1.29 is 13.9 Å². The zero-order valence-corrected chi connectivity index (χ0v) is 12.7. The third-order valence-corrected chi connectivity index (χ3v) is 7.98. The summed E-state index contributed by atoms with van der Waals surface area (Å²) < 4.78 is 18.9. The summed E-state index contributed by atoms with van der Waals surface area (Å²) in [6.07, 6.45) is 0.666. The molecule has 0 aliphatic heterocycles. The van der Waals surface area contributed by atoms with Crippen LogP contribution in [0.25, 0.3) is 0 Å². The van der Waals surface area contributed by atoms with Gasteiger partial charge in [-0.15, -0.1) is 0 Å².